The van der Waals surface area contributed by atoms with Gasteiger partial charge in [-0.25, -0.2) is 13.2 Å². The highest BCUT2D eigenvalue weighted by Crippen LogP contribution is 2.45. The van der Waals surface area contributed by atoms with Crippen LogP contribution >= 0.6 is 0 Å². The van der Waals surface area contributed by atoms with Gasteiger partial charge in [-0.15, -0.1) is 0 Å². The summed E-state index contributed by atoms with van der Waals surface area (Å²) in [7, 11) is 0. The zero-order chi connectivity index (χ0) is 21.7. The molecule has 1 aliphatic carbocycles. The highest BCUT2D eigenvalue weighted by Gasteiger charge is 2.39. The summed E-state index contributed by atoms with van der Waals surface area (Å²) in [6.45, 7) is 1.48. The standard InChI is InChI=1S/C22H18F3NO4/c1-10-17(18(22(29)30)11-3-2-4-11)19-15(7-8-16(27)20(19)25)26(10)21(28)12-5-6-13(23)14(24)9-12/h5-9,11,18,27H,2-4H2,1H3,(H,29,30). The molecule has 8 heteroatoms. The van der Waals surface area contributed by atoms with Gasteiger partial charge in [-0.1, -0.05) is 6.42 Å². The van der Waals surface area contributed by atoms with Crippen LogP contribution in [0.25, 0.3) is 10.9 Å². The average Bonchev–Trinajstić information content (AvgIpc) is 2.95. The molecule has 0 bridgehead atoms. The van der Waals surface area contributed by atoms with Crippen molar-refractivity contribution in [3.05, 3.63) is 64.6 Å². The molecule has 1 heterocycles. The third-order valence-electron chi connectivity index (χ3n) is 5.90. The first-order valence-electron chi connectivity index (χ1n) is 9.47. The predicted octanol–water partition coefficient (Wildman–Crippen LogP) is 4.73. The van der Waals surface area contributed by atoms with E-state index in [0.29, 0.717) is 12.8 Å². The van der Waals surface area contributed by atoms with Crippen molar-refractivity contribution in [1.29, 1.82) is 0 Å². The second kappa shape index (κ2) is 7.19. The lowest BCUT2D eigenvalue weighted by molar-refractivity contribution is -0.141. The molecule has 1 atom stereocenters. The second-order valence-corrected chi connectivity index (χ2v) is 7.57. The van der Waals surface area contributed by atoms with Gasteiger partial charge in [0.2, 0.25) is 0 Å². The van der Waals surface area contributed by atoms with Crippen molar-refractivity contribution >= 4 is 22.8 Å². The van der Waals surface area contributed by atoms with Gasteiger partial charge < -0.3 is 10.2 Å². The quantitative estimate of drug-likeness (QED) is 0.643. The summed E-state index contributed by atoms with van der Waals surface area (Å²) in [6, 6.07) is 5.02. The number of aliphatic carboxylic acids is 1. The molecular weight excluding hydrogens is 399 g/mol. The number of nitrogens with zero attached hydrogens (tertiary/aromatic N) is 1. The Bertz CT molecular complexity index is 1200. The molecule has 4 rings (SSSR count). The van der Waals surface area contributed by atoms with Crippen molar-refractivity contribution in [2.45, 2.75) is 32.1 Å². The molecule has 30 heavy (non-hydrogen) atoms. The minimum Gasteiger partial charge on any atom is -0.505 e. The van der Waals surface area contributed by atoms with Crippen molar-refractivity contribution in [3.8, 4) is 5.75 Å². The lowest BCUT2D eigenvalue weighted by Crippen LogP contribution is -2.27. The normalized spacial score (nSPS) is 15.2. The molecule has 1 unspecified atom stereocenters. The molecule has 3 aromatic rings. The lowest BCUT2D eigenvalue weighted by Gasteiger charge is -2.31. The third kappa shape index (κ3) is 2.94. The van der Waals surface area contributed by atoms with Crippen LogP contribution in [0.15, 0.2) is 30.3 Å². The number of carbonyl (C=O) groups is 2. The fraction of sp³-hybridized carbons (Fsp3) is 0.273. The zero-order valence-electron chi connectivity index (χ0n) is 16.0. The van der Waals surface area contributed by atoms with Crippen molar-refractivity contribution in [2.24, 2.45) is 5.92 Å². The SMILES string of the molecule is Cc1c(C(C(=O)O)C2CCC2)c2c(F)c(O)ccc2n1C(=O)c1ccc(F)c(F)c1. The summed E-state index contributed by atoms with van der Waals surface area (Å²) < 4.78 is 43.0. The van der Waals surface area contributed by atoms with E-state index < -0.39 is 41.0 Å². The molecule has 0 amide bonds. The van der Waals surface area contributed by atoms with Crippen molar-refractivity contribution in [2.75, 3.05) is 0 Å². The van der Waals surface area contributed by atoms with E-state index in [1.54, 1.807) is 0 Å². The van der Waals surface area contributed by atoms with E-state index in [-0.39, 0.29) is 33.6 Å². The largest absolute Gasteiger partial charge is 0.505 e. The lowest BCUT2D eigenvalue weighted by atomic mass is 9.72. The van der Waals surface area contributed by atoms with Crippen LogP contribution in [-0.4, -0.2) is 26.7 Å². The van der Waals surface area contributed by atoms with Gasteiger partial charge in [0.1, 0.15) is 0 Å². The fourth-order valence-corrected chi connectivity index (χ4v) is 4.21. The van der Waals surface area contributed by atoms with E-state index in [1.807, 2.05) is 0 Å². The topological polar surface area (TPSA) is 79.5 Å². The van der Waals surface area contributed by atoms with Crippen LogP contribution in [0.3, 0.4) is 0 Å². The molecule has 0 radical (unpaired) electrons. The van der Waals surface area contributed by atoms with Gasteiger partial charge in [-0.2, -0.15) is 0 Å². The van der Waals surface area contributed by atoms with E-state index in [4.69, 9.17) is 0 Å². The van der Waals surface area contributed by atoms with E-state index in [0.717, 1.165) is 35.3 Å². The Labute approximate surface area is 169 Å². The summed E-state index contributed by atoms with van der Waals surface area (Å²) >= 11 is 0. The van der Waals surface area contributed by atoms with Gasteiger partial charge in [0.25, 0.3) is 5.91 Å². The molecule has 2 aromatic carbocycles. The molecule has 0 aliphatic heterocycles. The Morgan fingerprint density at radius 1 is 1.10 bits per heavy atom. The first-order valence-corrected chi connectivity index (χ1v) is 9.47. The first-order chi connectivity index (χ1) is 14.2. The number of hydrogen-bond acceptors (Lipinski definition) is 3. The monoisotopic (exact) mass is 417 g/mol. The van der Waals surface area contributed by atoms with Gasteiger partial charge in [0.15, 0.2) is 23.2 Å². The first kappa shape index (κ1) is 20.0. The third-order valence-corrected chi connectivity index (χ3v) is 5.90. The number of fused-ring (bicyclic) bond motifs is 1. The number of rotatable bonds is 4. The van der Waals surface area contributed by atoms with Gasteiger partial charge in [0.05, 0.1) is 11.4 Å². The summed E-state index contributed by atoms with van der Waals surface area (Å²) in [5.41, 5.74) is 0.178. The molecule has 1 aliphatic rings. The predicted molar refractivity (Wildman–Crippen MR) is 102 cm³/mol. The number of aromatic hydroxyl groups is 1. The molecule has 1 saturated carbocycles. The maximum Gasteiger partial charge on any atom is 0.311 e. The number of aromatic nitrogens is 1. The second-order valence-electron chi connectivity index (χ2n) is 7.57. The average molecular weight is 417 g/mol. The molecule has 2 N–H and O–H groups in total. The van der Waals surface area contributed by atoms with Crippen molar-refractivity contribution < 1.29 is 33.0 Å². The van der Waals surface area contributed by atoms with Gasteiger partial charge in [0, 0.05) is 16.6 Å². The molecule has 1 fully saturated rings. The Kier molecular flexibility index (Phi) is 4.80. The number of benzene rings is 2. The number of halogens is 3. The van der Waals surface area contributed by atoms with E-state index in [1.165, 1.54) is 13.0 Å². The molecule has 0 spiro atoms. The molecule has 1 aromatic heterocycles. The van der Waals surface area contributed by atoms with Crippen molar-refractivity contribution in [3.63, 3.8) is 0 Å². The minimum absolute atomic E-state index is 0.0538. The Balaban J connectivity index is 2.00. The number of phenolic OH excluding ortho intramolecular Hbond substituents is 1. The zero-order valence-corrected chi connectivity index (χ0v) is 16.0. The summed E-state index contributed by atoms with van der Waals surface area (Å²) in [5, 5.41) is 19.6. The van der Waals surface area contributed by atoms with Gasteiger partial charge in [-0.05, 0) is 61.6 Å². The van der Waals surface area contributed by atoms with Crippen LogP contribution in [0.5, 0.6) is 5.75 Å². The number of carbonyl (C=O) groups excluding carboxylic acids is 1. The van der Waals surface area contributed by atoms with Crippen molar-refractivity contribution in [1.82, 2.24) is 4.57 Å². The number of phenols is 1. The van der Waals surface area contributed by atoms with Crippen LogP contribution < -0.4 is 0 Å². The van der Waals surface area contributed by atoms with Crippen LogP contribution in [0.2, 0.25) is 0 Å². The summed E-state index contributed by atoms with van der Waals surface area (Å²) in [5.74, 6) is -7.20. The van der Waals surface area contributed by atoms with Gasteiger partial charge >= 0.3 is 5.97 Å². The minimum atomic E-state index is -1.21. The summed E-state index contributed by atoms with van der Waals surface area (Å²) in [6.07, 6.45) is 2.16. The molecular formula is C22H18F3NO4. The fourth-order valence-electron chi connectivity index (χ4n) is 4.21. The maximum absolute atomic E-state index is 15.0. The van der Waals surface area contributed by atoms with Gasteiger partial charge in [-0.3, -0.25) is 14.2 Å². The molecule has 0 saturated heterocycles. The number of carboxylic acids is 1. The Morgan fingerprint density at radius 3 is 2.37 bits per heavy atom. The summed E-state index contributed by atoms with van der Waals surface area (Å²) in [4.78, 5) is 25.2. The maximum atomic E-state index is 15.0. The van der Waals surface area contributed by atoms with Crippen LogP contribution in [-0.2, 0) is 4.79 Å². The molecule has 5 nitrogen and oxygen atoms in total. The number of carboxylic acid groups (broad SMARTS) is 1. The Morgan fingerprint density at radius 2 is 1.80 bits per heavy atom. The number of hydrogen-bond donors (Lipinski definition) is 2. The Hall–Kier alpha value is -3.29. The van der Waals surface area contributed by atoms with Crippen LogP contribution in [0.1, 0.15) is 46.8 Å². The van der Waals surface area contributed by atoms with E-state index in [2.05, 4.69) is 0 Å². The highest BCUT2D eigenvalue weighted by molar-refractivity contribution is 6.05. The smallest absolute Gasteiger partial charge is 0.311 e. The van der Waals surface area contributed by atoms with E-state index >= 15 is 0 Å². The van der Waals surface area contributed by atoms with Crippen LogP contribution in [0.4, 0.5) is 13.2 Å². The van der Waals surface area contributed by atoms with Crippen LogP contribution in [0, 0.1) is 30.3 Å². The van der Waals surface area contributed by atoms with E-state index in [9.17, 15) is 33.0 Å². The molecule has 156 valence electrons. The highest BCUT2D eigenvalue weighted by atomic mass is 19.2.